The zero-order valence-electron chi connectivity index (χ0n) is 10.9. The maximum absolute atomic E-state index is 12.8. The molecule has 19 heavy (non-hydrogen) atoms. The lowest BCUT2D eigenvalue weighted by atomic mass is 10.1. The number of hydrogen-bond donors (Lipinski definition) is 2. The molecule has 0 aliphatic carbocycles. The van der Waals surface area contributed by atoms with Gasteiger partial charge in [0.1, 0.15) is 5.82 Å². The van der Waals surface area contributed by atoms with Gasteiger partial charge in [-0.25, -0.2) is 4.39 Å². The van der Waals surface area contributed by atoms with Crippen molar-refractivity contribution < 1.29 is 19.1 Å². The molecule has 0 fully saturated rings. The van der Waals surface area contributed by atoms with Crippen LogP contribution in [0.1, 0.15) is 18.5 Å². The number of benzene rings is 1. The highest BCUT2D eigenvalue weighted by molar-refractivity contribution is 5.79. The van der Waals surface area contributed by atoms with Crippen LogP contribution in [0.4, 0.5) is 4.39 Å². The average molecular weight is 268 g/mol. The first-order valence-corrected chi connectivity index (χ1v) is 5.83. The van der Waals surface area contributed by atoms with Crippen molar-refractivity contribution in [2.75, 3.05) is 20.1 Å². The zero-order chi connectivity index (χ0) is 14.4. The predicted molar refractivity (Wildman–Crippen MR) is 68.1 cm³/mol. The molecule has 0 aromatic heterocycles. The molecule has 0 saturated heterocycles. The second-order valence-electron chi connectivity index (χ2n) is 4.41. The Morgan fingerprint density at radius 1 is 1.32 bits per heavy atom. The molecule has 1 amide bonds. The first-order chi connectivity index (χ1) is 8.88. The largest absolute Gasteiger partial charge is 0.480 e. The lowest BCUT2D eigenvalue weighted by Gasteiger charge is -2.17. The SMILES string of the molecule is CC(NC(=O)CN(C)CC(=O)O)c1ccc(F)cc1. The predicted octanol–water partition coefficient (Wildman–Crippen LogP) is 1.02. The van der Waals surface area contributed by atoms with Gasteiger partial charge < -0.3 is 10.4 Å². The van der Waals surface area contributed by atoms with Crippen molar-refractivity contribution in [3.63, 3.8) is 0 Å². The molecule has 1 rings (SSSR count). The van der Waals surface area contributed by atoms with Crippen LogP contribution in [0.2, 0.25) is 0 Å². The third-order valence-electron chi connectivity index (χ3n) is 2.57. The highest BCUT2D eigenvalue weighted by Gasteiger charge is 2.13. The summed E-state index contributed by atoms with van der Waals surface area (Å²) in [7, 11) is 1.55. The van der Waals surface area contributed by atoms with Gasteiger partial charge in [0.15, 0.2) is 0 Å². The minimum absolute atomic E-state index is 0.00215. The monoisotopic (exact) mass is 268 g/mol. The van der Waals surface area contributed by atoms with Crippen molar-refractivity contribution >= 4 is 11.9 Å². The number of carbonyl (C=O) groups excluding carboxylic acids is 1. The number of hydrogen-bond acceptors (Lipinski definition) is 3. The number of rotatable bonds is 6. The summed E-state index contributed by atoms with van der Waals surface area (Å²) in [5.74, 6) is -1.59. The Kier molecular flexibility index (Phi) is 5.44. The lowest BCUT2D eigenvalue weighted by molar-refractivity contribution is -0.138. The van der Waals surface area contributed by atoms with Crippen LogP contribution in [-0.2, 0) is 9.59 Å². The Hall–Kier alpha value is -1.95. The van der Waals surface area contributed by atoms with Gasteiger partial charge in [-0.2, -0.15) is 0 Å². The molecule has 1 aromatic rings. The van der Waals surface area contributed by atoms with Gasteiger partial charge in [-0.1, -0.05) is 12.1 Å². The number of nitrogens with zero attached hydrogens (tertiary/aromatic N) is 1. The molecule has 0 aliphatic rings. The van der Waals surface area contributed by atoms with E-state index >= 15 is 0 Å². The normalized spacial score (nSPS) is 12.2. The third kappa shape index (κ3) is 5.48. The average Bonchev–Trinajstić information content (AvgIpc) is 2.27. The van der Waals surface area contributed by atoms with Crippen molar-refractivity contribution in [2.45, 2.75) is 13.0 Å². The molecule has 0 saturated carbocycles. The van der Waals surface area contributed by atoms with E-state index < -0.39 is 5.97 Å². The summed E-state index contributed by atoms with van der Waals surface area (Å²) >= 11 is 0. The van der Waals surface area contributed by atoms with E-state index in [0.29, 0.717) is 0 Å². The summed E-state index contributed by atoms with van der Waals surface area (Å²) in [6.45, 7) is 1.58. The molecule has 1 atom stereocenters. The molecule has 1 unspecified atom stereocenters. The number of aliphatic carboxylic acids is 1. The van der Waals surface area contributed by atoms with Gasteiger partial charge in [-0.3, -0.25) is 14.5 Å². The van der Waals surface area contributed by atoms with Crippen LogP contribution < -0.4 is 5.32 Å². The van der Waals surface area contributed by atoms with Gasteiger partial charge in [0.05, 0.1) is 19.1 Å². The molecular formula is C13H17FN2O3. The molecule has 0 aliphatic heterocycles. The number of carbonyl (C=O) groups is 2. The van der Waals surface area contributed by atoms with Crippen molar-refractivity contribution in [3.05, 3.63) is 35.6 Å². The van der Waals surface area contributed by atoms with E-state index in [1.807, 2.05) is 0 Å². The fourth-order valence-corrected chi connectivity index (χ4v) is 1.65. The standard InChI is InChI=1S/C13H17FN2O3/c1-9(10-3-5-11(14)6-4-10)15-12(17)7-16(2)8-13(18)19/h3-6,9H,7-8H2,1-2H3,(H,15,17)(H,18,19). The summed E-state index contributed by atoms with van der Waals surface area (Å²) < 4.78 is 12.8. The summed E-state index contributed by atoms with van der Waals surface area (Å²) in [6.07, 6.45) is 0. The number of amides is 1. The Morgan fingerprint density at radius 3 is 2.42 bits per heavy atom. The number of halogens is 1. The fraction of sp³-hybridized carbons (Fsp3) is 0.385. The summed E-state index contributed by atoms with van der Waals surface area (Å²) in [5, 5.41) is 11.3. The lowest BCUT2D eigenvalue weighted by Crippen LogP contribution is -2.38. The van der Waals surface area contributed by atoms with E-state index in [-0.39, 0.29) is 30.9 Å². The first kappa shape index (κ1) is 15.1. The van der Waals surface area contributed by atoms with Crippen molar-refractivity contribution in [3.8, 4) is 0 Å². The van der Waals surface area contributed by atoms with Gasteiger partial charge in [0.2, 0.25) is 5.91 Å². The second-order valence-corrected chi connectivity index (χ2v) is 4.41. The van der Waals surface area contributed by atoms with Crippen LogP contribution in [0, 0.1) is 5.82 Å². The van der Waals surface area contributed by atoms with Crippen LogP contribution in [0.25, 0.3) is 0 Å². The molecule has 1 aromatic carbocycles. The highest BCUT2D eigenvalue weighted by Crippen LogP contribution is 2.12. The molecule has 5 nitrogen and oxygen atoms in total. The van der Waals surface area contributed by atoms with Crippen molar-refractivity contribution in [2.24, 2.45) is 0 Å². The van der Waals surface area contributed by atoms with Crippen molar-refractivity contribution in [1.29, 1.82) is 0 Å². The van der Waals surface area contributed by atoms with Crippen LogP contribution >= 0.6 is 0 Å². The Balaban J connectivity index is 2.47. The Bertz CT molecular complexity index is 448. The van der Waals surface area contributed by atoms with Crippen LogP contribution in [0.5, 0.6) is 0 Å². The van der Waals surface area contributed by atoms with Gasteiger partial charge in [-0.15, -0.1) is 0 Å². The Labute approximate surface area is 111 Å². The number of carboxylic acid groups (broad SMARTS) is 1. The van der Waals surface area contributed by atoms with Gasteiger partial charge in [0.25, 0.3) is 0 Å². The highest BCUT2D eigenvalue weighted by atomic mass is 19.1. The van der Waals surface area contributed by atoms with Gasteiger partial charge in [0, 0.05) is 0 Å². The van der Waals surface area contributed by atoms with Gasteiger partial charge in [-0.05, 0) is 31.7 Å². The van der Waals surface area contributed by atoms with Crippen molar-refractivity contribution in [1.82, 2.24) is 10.2 Å². The molecule has 0 radical (unpaired) electrons. The topological polar surface area (TPSA) is 69.6 Å². The zero-order valence-corrected chi connectivity index (χ0v) is 10.9. The number of nitrogens with one attached hydrogen (secondary N) is 1. The minimum Gasteiger partial charge on any atom is -0.480 e. The molecule has 2 N–H and O–H groups in total. The third-order valence-corrected chi connectivity index (χ3v) is 2.57. The molecular weight excluding hydrogens is 251 g/mol. The van der Waals surface area contributed by atoms with Crippen LogP contribution in [-0.4, -0.2) is 42.0 Å². The molecule has 0 spiro atoms. The van der Waals surface area contributed by atoms with Gasteiger partial charge >= 0.3 is 5.97 Å². The van der Waals surface area contributed by atoms with E-state index in [9.17, 15) is 14.0 Å². The number of carboxylic acids is 1. The molecule has 0 bridgehead atoms. The maximum atomic E-state index is 12.8. The smallest absolute Gasteiger partial charge is 0.317 e. The molecule has 0 heterocycles. The fourth-order valence-electron chi connectivity index (χ4n) is 1.65. The Morgan fingerprint density at radius 2 is 1.89 bits per heavy atom. The van der Waals surface area contributed by atoms with Crippen LogP contribution in [0.3, 0.4) is 0 Å². The summed E-state index contributed by atoms with van der Waals surface area (Å²) in [6, 6.07) is 5.59. The van der Waals surface area contributed by atoms with E-state index in [0.717, 1.165) is 5.56 Å². The summed E-state index contributed by atoms with van der Waals surface area (Å²) in [5.41, 5.74) is 0.788. The molecule has 6 heteroatoms. The molecule has 104 valence electrons. The first-order valence-electron chi connectivity index (χ1n) is 5.83. The quantitative estimate of drug-likeness (QED) is 0.808. The maximum Gasteiger partial charge on any atom is 0.317 e. The van der Waals surface area contributed by atoms with E-state index in [1.165, 1.54) is 17.0 Å². The minimum atomic E-state index is -0.984. The summed E-state index contributed by atoms with van der Waals surface area (Å²) in [4.78, 5) is 23.5. The van der Waals surface area contributed by atoms with E-state index in [2.05, 4.69) is 5.32 Å². The van der Waals surface area contributed by atoms with Crippen LogP contribution in [0.15, 0.2) is 24.3 Å². The van der Waals surface area contributed by atoms with E-state index in [4.69, 9.17) is 5.11 Å². The number of likely N-dealkylation sites (N-methyl/N-ethyl adjacent to an activating group) is 1. The van der Waals surface area contributed by atoms with E-state index in [1.54, 1.807) is 26.1 Å². The second kappa shape index (κ2) is 6.84.